The number of rotatable bonds is 7. The number of aliphatic hydroxyl groups excluding tert-OH is 1. The lowest BCUT2D eigenvalue weighted by molar-refractivity contribution is -0.141. The number of likely N-dealkylation sites (tertiary alicyclic amines) is 1. The zero-order valence-corrected chi connectivity index (χ0v) is 23.6. The van der Waals surface area contributed by atoms with Gasteiger partial charge in [-0.2, -0.15) is 0 Å². The fourth-order valence-electron chi connectivity index (χ4n) is 4.44. The lowest BCUT2D eigenvalue weighted by atomic mass is 9.85. The number of aliphatic hydroxyl groups is 1. The number of Topliss-reactive ketones (excluding diaryl/α,β-unsaturated/α-hetero) is 1. The van der Waals surface area contributed by atoms with Crippen LogP contribution in [0, 0.1) is 12.3 Å². The molecule has 8 nitrogen and oxygen atoms in total. The number of hydrogen-bond acceptors (Lipinski definition) is 7. The van der Waals surface area contributed by atoms with Crippen LogP contribution in [0.25, 0.3) is 10.4 Å². The van der Waals surface area contributed by atoms with Crippen LogP contribution >= 0.6 is 11.3 Å². The number of hydrogen-bond donors (Lipinski definition) is 2. The van der Waals surface area contributed by atoms with E-state index in [1.807, 2.05) is 57.5 Å². The van der Waals surface area contributed by atoms with Crippen LogP contribution in [0.4, 0.5) is 4.79 Å². The van der Waals surface area contributed by atoms with E-state index < -0.39 is 41.2 Å². The fraction of sp³-hybridized carbons (Fsp3) is 0.571. The Morgan fingerprint density at radius 3 is 2.35 bits per heavy atom. The molecule has 1 aromatic heterocycles. The Bertz CT molecular complexity index is 1110. The number of aromatic nitrogens is 1. The van der Waals surface area contributed by atoms with Crippen LogP contribution in [0.2, 0.25) is 0 Å². The van der Waals surface area contributed by atoms with Gasteiger partial charge in [-0.05, 0) is 50.7 Å². The molecule has 1 fully saturated rings. The summed E-state index contributed by atoms with van der Waals surface area (Å²) in [6.45, 7) is 12.8. The van der Waals surface area contributed by atoms with Gasteiger partial charge < -0.3 is 20.1 Å². The molecule has 2 aromatic rings. The minimum absolute atomic E-state index is 0.0563. The SMILES string of the molecule is Cc1ncsc1-c1ccc(CCC(=O)C2C[C@@H](O)CN2C(=O)[C@@H](NC(=O)OC(C)(C)C)C(C)(C)C)cc1. The number of ketones is 1. The van der Waals surface area contributed by atoms with Crippen LogP contribution in [-0.2, 0) is 20.7 Å². The molecule has 0 spiro atoms. The molecule has 1 unspecified atom stereocenters. The van der Waals surface area contributed by atoms with Gasteiger partial charge in [0.25, 0.3) is 0 Å². The molecule has 3 rings (SSSR count). The Hall–Kier alpha value is -2.78. The molecule has 1 aliphatic rings. The Morgan fingerprint density at radius 1 is 1.16 bits per heavy atom. The van der Waals surface area contributed by atoms with Gasteiger partial charge in [-0.15, -0.1) is 11.3 Å². The Labute approximate surface area is 223 Å². The monoisotopic (exact) mass is 529 g/mol. The van der Waals surface area contributed by atoms with Crippen LogP contribution in [0.15, 0.2) is 29.8 Å². The van der Waals surface area contributed by atoms with Crippen LogP contribution in [0.3, 0.4) is 0 Å². The summed E-state index contributed by atoms with van der Waals surface area (Å²) >= 11 is 1.60. The average Bonchev–Trinajstić information content (AvgIpc) is 3.39. The average molecular weight is 530 g/mol. The highest BCUT2D eigenvalue weighted by molar-refractivity contribution is 7.13. The molecule has 0 radical (unpaired) electrons. The summed E-state index contributed by atoms with van der Waals surface area (Å²) in [5.74, 6) is -0.491. The van der Waals surface area contributed by atoms with Gasteiger partial charge >= 0.3 is 6.09 Å². The highest BCUT2D eigenvalue weighted by Gasteiger charge is 2.44. The van der Waals surface area contributed by atoms with Gasteiger partial charge in [0.15, 0.2) is 5.78 Å². The second-order valence-corrected chi connectivity index (χ2v) is 12.6. The maximum Gasteiger partial charge on any atom is 0.408 e. The van der Waals surface area contributed by atoms with Gasteiger partial charge in [0.05, 0.1) is 28.2 Å². The smallest absolute Gasteiger partial charge is 0.408 e. The molecule has 1 aromatic carbocycles. The summed E-state index contributed by atoms with van der Waals surface area (Å²) in [6, 6.07) is 6.44. The fourth-order valence-corrected chi connectivity index (χ4v) is 5.25. The molecule has 202 valence electrons. The van der Waals surface area contributed by atoms with Crippen molar-refractivity contribution in [2.24, 2.45) is 5.41 Å². The molecular weight excluding hydrogens is 490 g/mol. The van der Waals surface area contributed by atoms with Crippen LogP contribution in [-0.4, -0.2) is 63.1 Å². The topological polar surface area (TPSA) is 109 Å². The highest BCUT2D eigenvalue weighted by Crippen LogP contribution is 2.29. The number of ether oxygens (including phenoxy) is 1. The number of nitrogens with zero attached hydrogens (tertiary/aromatic N) is 2. The van der Waals surface area contributed by atoms with Crippen molar-refractivity contribution >= 4 is 29.1 Å². The lowest BCUT2D eigenvalue weighted by Crippen LogP contribution is -2.57. The van der Waals surface area contributed by atoms with Crippen LogP contribution in [0.5, 0.6) is 0 Å². The first-order valence-electron chi connectivity index (χ1n) is 12.7. The summed E-state index contributed by atoms with van der Waals surface area (Å²) in [5.41, 5.74) is 3.59. The van der Waals surface area contributed by atoms with Crippen molar-refractivity contribution in [1.29, 1.82) is 0 Å². The largest absolute Gasteiger partial charge is 0.444 e. The number of carbonyl (C=O) groups excluding carboxylic acids is 3. The second kappa shape index (κ2) is 11.3. The number of benzene rings is 1. The zero-order chi connectivity index (χ0) is 27.5. The molecule has 0 saturated carbocycles. The van der Waals surface area contributed by atoms with Gasteiger partial charge in [0, 0.05) is 19.4 Å². The summed E-state index contributed by atoms with van der Waals surface area (Å²) in [7, 11) is 0. The third kappa shape index (κ3) is 7.61. The third-order valence-electron chi connectivity index (χ3n) is 6.33. The molecule has 2 heterocycles. The van der Waals surface area contributed by atoms with Crippen molar-refractivity contribution in [3.8, 4) is 10.4 Å². The molecular formula is C28H39N3O5S. The number of β-amino-alcohol motifs (C(OH)–C–C–N with tert-alkyl or cyclic N) is 1. The van der Waals surface area contributed by atoms with Crippen molar-refractivity contribution in [3.63, 3.8) is 0 Å². The Morgan fingerprint density at radius 2 is 1.81 bits per heavy atom. The highest BCUT2D eigenvalue weighted by atomic mass is 32.1. The lowest BCUT2D eigenvalue weighted by Gasteiger charge is -2.35. The van der Waals surface area contributed by atoms with Gasteiger partial charge in [-0.25, -0.2) is 9.78 Å². The number of aryl methyl sites for hydroxylation is 2. The van der Waals surface area contributed by atoms with Crippen LogP contribution < -0.4 is 5.32 Å². The van der Waals surface area contributed by atoms with Crippen molar-refractivity contribution in [2.75, 3.05) is 6.54 Å². The molecule has 2 N–H and O–H groups in total. The van der Waals surface area contributed by atoms with Crippen LogP contribution in [0.1, 0.15) is 65.6 Å². The van der Waals surface area contributed by atoms with Crippen molar-refractivity contribution < 1.29 is 24.2 Å². The predicted molar refractivity (Wildman–Crippen MR) is 144 cm³/mol. The summed E-state index contributed by atoms with van der Waals surface area (Å²) in [5, 5.41) is 13.0. The van der Waals surface area contributed by atoms with E-state index in [1.165, 1.54) is 4.90 Å². The van der Waals surface area contributed by atoms with Gasteiger partial charge in [0.1, 0.15) is 11.6 Å². The van der Waals surface area contributed by atoms with Gasteiger partial charge in [-0.3, -0.25) is 9.59 Å². The standard InChI is InChI=1S/C28H39N3O5S/c1-17-23(37-16-29-17)19-11-8-18(9-12-19)10-13-22(33)21-14-20(32)15-31(21)25(34)24(27(2,3)4)30-26(35)36-28(5,6)7/h8-9,11-12,16,20-21,24,32H,10,13-15H2,1-7H3,(H,30,35)/t20-,21?,24-/m1/s1. The van der Waals surface area contributed by atoms with Gasteiger partial charge in [-0.1, -0.05) is 45.0 Å². The minimum atomic E-state index is -0.911. The molecule has 0 bridgehead atoms. The molecule has 9 heteroatoms. The van der Waals surface area contributed by atoms with Crippen molar-refractivity contribution in [3.05, 3.63) is 41.0 Å². The molecule has 37 heavy (non-hydrogen) atoms. The Balaban J connectivity index is 1.68. The summed E-state index contributed by atoms with van der Waals surface area (Å²) in [6.07, 6.45) is -0.506. The van der Waals surface area contributed by atoms with E-state index in [1.54, 1.807) is 32.1 Å². The molecule has 2 amide bonds. The molecule has 1 aliphatic heterocycles. The minimum Gasteiger partial charge on any atom is -0.444 e. The maximum absolute atomic E-state index is 13.6. The Kier molecular flexibility index (Phi) is 8.80. The predicted octanol–water partition coefficient (Wildman–Crippen LogP) is 4.52. The number of alkyl carbamates (subject to hydrolysis) is 1. The van der Waals surface area contributed by atoms with E-state index in [0.717, 1.165) is 21.7 Å². The number of thiazole rings is 1. The zero-order valence-electron chi connectivity index (χ0n) is 22.8. The maximum atomic E-state index is 13.6. The number of nitrogens with one attached hydrogen (secondary N) is 1. The summed E-state index contributed by atoms with van der Waals surface area (Å²) < 4.78 is 5.36. The third-order valence-corrected chi connectivity index (χ3v) is 7.31. The van der Waals surface area contributed by atoms with E-state index >= 15 is 0 Å². The number of carbonyl (C=O) groups is 3. The summed E-state index contributed by atoms with van der Waals surface area (Å²) in [4.78, 5) is 46.2. The van der Waals surface area contributed by atoms with Crippen molar-refractivity contribution in [2.45, 2.75) is 91.5 Å². The van der Waals surface area contributed by atoms with E-state index in [9.17, 15) is 19.5 Å². The molecule has 1 saturated heterocycles. The van der Waals surface area contributed by atoms with E-state index in [2.05, 4.69) is 10.3 Å². The molecule has 0 aliphatic carbocycles. The normalized spacial score (nSPS) is 19.0. The first-order chi connectivity index (χ1) is 17.2. The van der Waals surface area contributed by atoms with Crippen molar-refractivity contribution in [1.82, 2.24) is 15.2 Å². The van der Waals surface area contributed by atoms with E-state index in [4.69, 9.17) is 4.74 Å². The molecule has 3 atom stereocenters. The van der Waals surface area contributed by atoms with Gasteiger partial charge in [0.2, 0.25) is 5.91 Å². The quantitative estimate of drug-likeness (QED) is 0.546. The second-order valence-electron chi connectivity index (χ2n) is 11.8. The first-order valence-corrected chi connectivity index (χ1v) is 13.5. The number of amides is 2. The van der Waals surface area contributed by atoms with E-state index in [-0.39, 0.29) is 25.2 Å². The first kappa shape index (κ1) is 28.8. The van der Waals surface area contributed by atoms with E-state index in [0.29, 0.717) is 6.42 Å².